The van der Waals surface area contributed by atoms with E-state index >= 15 is 0 Å². The van der Waals surface area contributed by atoms with Crippen LogP contribution in [0.3, 0.4) is 0 Å². The van der Waals surface area contributed by atoms with Crippen molar-refractivity contribution in [1.29, 1.82) is 0 Å². The molecule has 58 heavy (non-hydrogen) atoms. The lowest BCUT2D eigenvalue weighted by Crippen LogP contribution is -2.28. The molecule has 0 bridgehead atoms. The van der Waals surface area contributed by atoms with Crippen LogP contribution in [-0.2, 0) is 32.7 Å². The second-order valence-corrected chi connectivity index (χ2v) is 17.2. The smallest absolute Gasteiger partial charge is 0.457 e. The van der Waals surface area contributed by atoms with E-state index in [1.54, 1.807) is 0 Å². The van der Waals surface area contributed by atoms with Gasteiger partial charge in [0.05, 0.1) is 26.4 Å². The predicted octanol–water partition coefficient (Wildman–Crippen LogP) is 12.7. The summed E-state index contributed by atoms with van der Waals surface area (Å²) in [6.45, 7) is 2.19. The summed E-state index contributed by atoms with van der Waals surface area (Å²) in [5, 5.41) is 19.2. The number of ether oxygens (including phenoxy) is 2. The summed E-state index contributed by atoms with van der Waals surface area (Å²) in [6.07, 6.45) is 45.4. The van der Waals surface area contributed by atoms with Gasteiger partial charge in [-0.25, -0.2) is 4.57 Å². The first kappa shape index (κ1) is 56.2. The molecule has 0 rings (SSSR count). The minimum atomic E-state index is -4.64. The number of carbonyl (C=O) groups excluding carboxylic acids is 2. The van der Waals surface area contributed by atoms with Gasteiger partial charge in [-0.3, -0.25) is 18.6 Å². The van der Waals surface area contributed by atoms with E-state index in [0.29, 0.717) is 12.8 Å². The second kappa shape index (κ2) is 43.3. The van der Waals surface area contributed by atoms with Gasteiger partial charge >= 0.3 is 19.8 Å². The Kier molecular flexibility index (Phi) is 41.9. The standard InChI is InChI=1S/C47H87O10P/c1-3-5-7-9-11-13-15-17-19-21-23-25-27-29-31-33-35-37-39-47(51)57-45(41-49)43-55-58(52,53)54-42-44(40-48)56-46(50)38-36-34-32-30-28-26-24-22-20-18-16-14-12-10-8-6-4-2/h13,15,18-21,44-45,48-49H,3-12,14,16-17,22-43H2,1-2H3,(H,52,53)/b15-13-,20-18-,21-19-. The van der Waals surface area contributed by atoms with Crippen molar-refractivity contribution in [2.75, 3.05) is 26.4 Å². The molecule has 0 spiro atoms. The molecule has 3 atom stereocenters. The molecule has 0 aromatic heterocycles. The Morgan fingerprint density at radius 1 is 0.466 bits per heavy atom. The summed E-state index contributed by atoms with van der Waals surface area (Å²) < 4.78 is 32.6. The first-order valence-corrected chi connectivity index (χ1v) is 24.9. The van der Waals surface area contributed by atoms with Gasteiger partial charge in [0, 0.05) is 12.8 Å². The molecule has 0 fully saturated rings. The third-order valence-corrected chi connectivity index (χ3v) is 11.0. The number of hydrogen-bond donors (Lipinski definition) is 3. The largest absolute Gasteiger partial charge is 0.472 e. The molecule has 340 valence electrons. The van der Waals surface area contributed by atoms with Crippen molar-refractivity contribution in [2.24, 2.45) is 0 Å². The normalized spacial score (nSPS) is 14.1. The molecular formula is C47H87O10P. The highest BCUT2D eigenvalue weighted by Crippen LogP contribution is 2.43. The topological polar surface area (TPSA) is 149 Å². The van der Waals surface area contributed by atoms with E-state index in [4.69, 9.17) is 18.5 Å². The average molecular weight is 843 g/mol. The highest BCUT2D eigenvalue weighted by Gasteiger charge is 2.27. The summed E-state index contributed by atoms with van der Waals surface area (Å²) >= 11 is 0. The molecule has 0 aromatic carbocycles. The average Bonchev–Trinajstić information content (AvgIpc) is 3.21. The zero-order valence-corrected chi connectivity index (χ0v) is 37.9. The molecule has 0 heterocycles. The zero-order chi connectivity index (χ0) is 42.6. The van der Waals surface area contributed by atoms with Crippen molar-refractivity contribution in [2.45, 2.75) is 225 Å². The summed E-state index contributed by atoms with van der Waals surface area (Å²) in [4.78, 5) is 34.6. The molecule has 3 N–H and O–H groups in total. The molecule has 10 nitrogen and oxygen atoms in total. The second-order valence-electron chi connectivity index (χ2n) is 15.7. The number of carbonyl (C=O) groups is 2. The van der Waals surface area contributed by atoms with Crippen molar-refractivity contribution in [3.8, 4) is 0 Å². The van der Waals surface area contributed by atoms with Crippen molar-refractivity contribution in [3.05, 3.63) is 36.5 Å². The number of phosphoric ester groups is 1. The van der Waals surface area contributed by atoms with E-state index in [2.05, 4.69) is 50.3 Å². The molecule has 0 aliphatic carbocycles. The van der Waals surface area contributed by atoms with Crippen LogP contribution in [0.5, 0.6) is 0 Å². The lowest BCUT2D eigenvalue weighted by Gasteiger charge is -2.20. The Morgan fingerprint density at radius 2 is 0.759 bits per heavy atom. The molecule has 3 unspecified atom stereocenters. The Labute approximate surface area is 354 Å². The van der Waals surface area contributed by atoms with Gasteiger partial charge in [-0.15, -0.1) is 0 Å². The van der Waals surface area contributed by atoms with E-state index < -0.39 is 58.4 Å². The van der Waals surface area contributed by atoms with Crippen molar-refractivity contribution < 1.29 is 47.8 Å². The number of phosphoric acid groups is 1. The van der Waals surface area contributed by atoms with E-state index in [0.717, 1.165) is 57.8 Å². The van der Waals surface area contributed by atoms with E-state index in [1.807, 2.05) is 0 Å². The van der Waals surface area contributed by atoms with Crippen LogP contribution in [0.2, 0.25) is 0 Å². The lowest BCUT2D eigenvalue weighted by atomic mass is 10.1. The van der Waals surface area contributed by atoms with E-state index in [1.165, 1.54) is 116 Å². The van der Waals surface area contributed by atoms with Crippen LogP contribution in [0.1, 0.15) is 213 Å². The minimum absolute atomic E-state index is 0.183. The molecular weight excluding hydrogens is 755 g/mol. The SMILES string of the molecule is CCCCCC/C=C\C/C=C\CCCCCCCCCC(=O)OC(CO)COP(=O)(O)OCC(CO)OC(=O)CCCCCCCCC/C=C\CCCCCCCC. The maximum absolute atomic E-state index is 12.4. The fourth-order valence-corrected chi connectivity index (χ4v) is 7.22. The van der Waals surface area contributed by atoms with Crippen molar-refractivity contribution >= 4 is 19.8 Å². The molecule has 0 saturated heterocycles. The fourth-order valence-electron chi connectivity index (χ4n) is 6.43. The molecule has 0 radical (unpaired) electrons. The molecule has 0 amide bonds. The number of esters is 2. The van der Waals surface area contributed by atoms with Gasteiger partial charge in [-0.2, -0.15) is 0 Å². The van der Waals surface area contributed by atoms with Gasteiger partial charge < -0.3 is 24.6 Å². The van der Waals surface area contributed by atoms with Gasteiger partial charge in [0.1, 0.15) is 12.2 Å². The Hall–Kier alpha value is -1.81. The van der Waals surface area contributed by atoms with Crippen LogP contribution in [0.25, 0.3) is 0 Å². The summed E-state index contributed by atoms with van der Waals surface area (Å²) in [6, 6.07) is 0. The monoisotopic (exact) mass is 843 g/mol. The number of rotatable bonds is 44. The molecule has 11 heteroatoms. The van der Waals surface area contributed by atoms with Crippen LogP contribution < -0.4 is 0 Å². The maximum atomic E-state index is 12.4. The lowest BCUT2D eigenvalue weighted by molar-refractivity contribution is -0.153. The van der Waals surface area contributed by atoms with Crippen LogP contribution in [-0.4, -0.2) is 65.7 Å². The minimum Gasteiger partial charge on any atom is -0.457 e. The molecule has 0 saturated carbocycles. The first-order chi connectivity index (χ1) is 28.3. The Balaban J connectivity index is 3.90. The summed E-state index contributed by atoms with van der Waals surface area (Å²) in [5.41, 5.74) is 0. The zero-order valence-electron chi connectivity index (χ0n) is 37.0. The van der Waals surface area contributed by atoms with Crippen LogP contribution in [0, 0.1) is 0 Å². The first-order valence-electron chi connectivity index (χ1n) is 23.4. The summed E-state index contributed by atoms with van der Waals surface area (Å²) in [5.74, 6) is -1.03. The quantitative estimate of drug-likeness (QED) is 0.0234. The van der Waals surface area contributed by atoms with E-state index in [9.17, 15) is 29.3 Å². The summed E-state index contributed by atoms with van der Waals surface area (Å²) in [7, 11) is -4.64. The molecule has 0 aliphatic rings. The maximum Gasteiger partial charge on any atom is 0.472 e. The predicted molar refractivity (Wildman–Crippen MR) is 238 cm³/mol. The van der Waals surface area contributed by atoms with Crippen LogP contribution in [0.15, 0.2) is 36.5 Å². The number of hydrogen-bond acceptors (Lipinski definition) is 9. The highest BCUT2D eigenvalue weighted by molar-refractivity contribution is 7.47. The van der Waals surface area contributed by atoms with Gasteiger partial charge in [0.15, 0.2) is 0 Å². The van der Waals surface area contributed by atoms with Crippen molar-refractivity contribution in [1.82, 2.24) is 0 Å². The van der Waals surface area contributed by atoms with Crippen molar-refractivity contribution in [3.63, 3.8) is 0 Å². The number of allylic oxidation sites excluding steroid dienone is 6. The fraction of sp³-hybridized carbons (Fsp3) is 0.830. The van der Waals surface area contributed by atoms with Gasteiger partial charge in [0.25, 0.3) is 0 Å². The van der Waals surface area contributed by atoms with Gasteiger partial charge in [0.2, 0.25) is 0 Å². The van der Waals surface area contributed by atoms with E-state index in [-0.39, 0.29) is 12.8 Å². The third-order valence-electron chi connectivity index (χ3n) is 10.1. The number of aliphatic hydroxyl groups excluding tert-OH is 2. The van der Waals surface area contributed by atoms with Crippen LogP contribution in [0.4, 0.5) is 0 Å². The highest BCUT2D eigenvalue weighted by atomic mass is 31.2. The number of aliphatic hydroxyl groups is 2. The molecule has 0 aromatic rings. The van der Waals surface area contributed by atoms with Crippen LogP contribution >= 0.6 is 7.82 Å². The Morgan fingerprint density at radius 3 is 1.10 bits per heavy atom. The van der Waals surface area contributed by atoms with Gasteiger partial charge in [-0.1, -0.05) is 166 Å². The Bertz CT molecular complexity index is 1060. The molecule has 0 aliphatic heterocycles. The van der Waals surface area contributed by atoms with Gasteiger partial charge in [-0.05, 0) is 70.6 Å². The number of unbranched alkanes of at least 4 members (excludes halogenated alkanes) is 24. The third kappa shape index (κ3) is 40.9.